The smallest absolute Gasteiger partial charge is 0.410 e. The quantitative estimate of drug-likeness (QED) is 0.918. The Labute approximate surface area is 132 Å². The topological polar surface area (TPSA) is 86.2 Å². The molecule has 2 heterocycles. The first kappa shape index (κ1) is 14.9. The van der Waals surface area contributed by atoms with E-state index in [1.54, 1.807) is 0 Å². The van der Waals surface area contributed by atoms with E-state index >= 15 is 0 Å². The van der Waals surface area contributed by atoms with Gasteiger partial charge in [0.15, 0.2) is 0 Å². The molecule has 0 aliphatic carbocycles. The van der Waals surface area contributed by atoms with E-state index in [2.05, 4.69) is 4.98 Å². The lowest BCUT2D eigenvalue weighted by Gasteiger charge is -2.27. The number of carbonyl (C=O) groups excluding carboxylic acids is 1. The molecule has 0 unspecified atom stereocenters. The molecule has 0 radical (unpaired) electrons. The summed E-state index contributed by atoms with van der Waals surface area (Å²) in [4.78, 5) is 28.8. The molecule has 6 nitrogen and oxygen atoms in total. The number of ether oxygens (including phenoxy) is 1. The SMILES string of the molecule is N#Cc1c[nH]c2c(c1=O)CN(C(=O)OCc1ccccc1)CC2. The maximum Gasteiger partial charge on any atom is 0.410 e. The Morgan fingerprint density at radius 1 is 1.35 bits per heavy atom. The summed E-state index contributed by atoms with van der Waals surface area (Å²) < 4.78 is 5.29. The van der Waals surface area contributed by atoms with Gasteiger partial charge >= 0.3 is 6.09 Å². The second-order valence-electron chi connectivity index (χ2n) is 5.31. The molecule has 3 rings (SSSR count). The van der Waals surface area contributed by atoms with Crippen LogP contribution < -0.4 is 5.43 Å². The molecule has 0 saturated carbocycles. The van der Waals surface area contributed by atoms with Crippen molar-refractivity contribution in [3.8, 4) is 6.07 Å². The van der Waals surface area contributed by atoms with Crippen LogP contribution in [0.1, 0.15) is 22.4 Å². The highest BCUT2D eigenvalue weighted by molar-refractivity contribution is 5.68. The Bertz CT molecular complexity index is 821. The van der Waals surface area contributed by atoms with Crippen LogP contribution in [0.5, 0.6) is 0 Å². The summed E-state index contributed by atoms with van der Waals surface area (Å²) >= 11 is 0. The van der Waals surface area contributed by atoms with E-state index in [0.29, 0.717) is 18.5 Å². The maximum absolute atomic E-state index is 12.2. The molecule has 1 aromatic carbocycles. The van der Waals surface area contributed by atoms with Gasteiger partial charge in [-0.3, -0.25) is 4.79 Å². The van der Waals surface area contributed by atoms with Crippen molar-refractivity contribution in [3.05, 3.63) is 69.1 Å². The van der Waals surface area contributed by atoms with Crippen molar-refractivity contribution in [2.24, 2.45) is 0 Å². The van der Waals surface area contributed by atoms with E-state index in [1.165, 1.54) is 11.1 Å². The van der Waals surface area contributed by atoms with E-state index in [0.717, 1.165) is 11.3 Å². The first-order chi connectivity index (χ1) is 11.2. The van der Waals surface area contributed by atoms with Crippen LogP contribution >= 0.6 is 0 Å². The summed E-state index contributed by atoms with van der Waals surface area (Å²) in [6.45, 7) is 0.827. The highest BCUT2D eigenvalue weighted by Crippen LogP contribution is 2.15. The normalized spacial score (nSPS) is 13.1. The van der Waals surface area contributed by atoms with Gasteiger partial charge in [0.1, 0.15) is 18.2 Å². The average Bonchev–Trinajstić information content (AvgIpc) is 2.61. The van der Waals surface area contributed by atoms with Gasteiger partial charge in [0.2, 0.25) is 5.43 Å². The summed E-state index contributed by atoms with van der Waals surface area (Å²) in [5.41, 5.74) is 1.89. The first-order valence-electron chi connectivity index (χ1n) is 7.28. The standard InChI is InChI=1S/C17H15N3O3/c18-8-13-9-19-15-6-7-20(10-14(15)16(13)21)17(22)23-11-12-4-2-1-3-5-12/h1-5,9H,6-7,10-11H2,(H,19,21). The Balaban J connectivity index is 1.70. The highest BCUT2D eigenvalue weighted by Gasteiger charge is 2.25. The van der Waals surface area contributed by atoms with E-state index in [9.17, 15) is 9.59 Å². The summed E-state index contributed by atoms with van der Waals surface area (Å²) in [5.74, 6) is 0. The number of pyridine rings is 1. The van der Waals surface area contributed by atoms with Crippen molar-refractivity contribution < 1.29 is 9.53 Å². The zero-order valence-corrected chi connectivity index (χ0v) is 12.4. The van der Waals surface area contributed by atoms with Crippen LogP contribution in [0.15, 0.2) is 41.3 Å². The van der Waals surface area contributed by atoms with Gasteiger partial charge in [0.05, 0.1) is 6.54 Å². The number of fused-ring (bicyclic) bond motifs is 1. The van der Waals surface area contributed by atoms with Crippen LogP contribution in [0, 0.1) is 11.3 Å². The molecule has 1 N–H and O–H groups in total. The van der Waals surface area contributed by atoms with Gasteiger partial charge in [-0.15, -0.1) is 0 Å². The van der Waals surface area contributed by atoms with Gasteiger partial charge in [-0.2, -0.15) is 5.26 Å². The third kappa shape index (κ3) is 3.09. The molecule has 0 bridgehead atoms. The Morgan fingerprint density at radius 2 is 2.13 bits per heavy atom. The Kier molecular flexibility index (Phi) is 4.11. The van der Waals surface area contributed by atoms with Gasteiger partial charge in [-0.05, 0) is 5.56 Å². The zero-order valence-electron chi connectivity index (χ0n) is 12.4. The highest BCUT2D eigenvalue weighted by atomic mass is 16.6. The summed E-state index contributed by atoms with van der Waals surface area (Å²) in [6, 6.07) is 11.3. The average molecular weight is 309 g/mol. The molecular weight excluding hydrogens is 294 g/mol. The molecule has 0 fully saturated rings. The third-order valence-corrected chi connectivity index (χ3v) is 3.84. The molecule has 23 heavy (non-hydrogen) atoms. The van der Waals surface area contributed by atoms with Gasteiger partial charge in [-0.25, -0.2) is 4.79 Å². The monoisotopic (exact) mass is 309 g/mol. The number of hydrogen-bond acceptors (Lipinski definition) is 4. The van der Waals surface area contributed by atoms with Crippen molar-refractivity contribution in [2.75, 3.05) is 6.54 Å². The predicted octanol–water partition coefficient (Wildman–Crippen LogP) is 1.94. The van der Waals surface area contributed by atoms with Crippen LogP contribution in [-0.4, -0.2) is 22.5 Å². The van der Waals surface area contributed by atoms with Crippen molar-refractivity contribution in [1.29, 1.82) is 5.26 Å². The number of nitriles is 1. The maximum atomic E-state index is 12.2. The Hall–Kier alpha value is -3.07. The van der Waals surface area contributed by atoms with Crippen LogP contribution in [0.2, 0.25) is 0 Å². The van der Waals surface area contributed by atoms with Gasteiger partial charge in [0.25, 0.3) is 0 Å². The number of benzene rings is 1. The van der Waals surface area contributed by atoms with Crippen molar-refractivity contribution >= 4 is 6.09 Å². The third-order valence-electron chi connectivity index (χ3n) is 3.84. The molecule has 0 spiro atoms. The van der Waals surface area contributed by atoms with Crippen molar-refractivity contribution in [1.82, 2.24) is 9.88 Å². The van der Waals surface area contributed by atoms with Gasteiger partial charge in [0, 0.05) is 30.4 Å². The second kappa shape index (κ2) is 6.36. The van der Waals surface area contributed by atoms with Crippen LogP contribution in [0.3, 0.4) is 0 Å². The number of H-pyrrole nitrogens is 1. The minimum Gasteiger partial charge on any atom is -0.445 e. The number of hydrogen-bond donors (Lipinski definition) is 1. The fourth-order valence-electron chi connectivity index (χ4n) is 2.57. The molecule has 0 saturated heterocycles. The second-order valence-corrected chi connectivity index (χ2v) is 5.31. The fraction of sp³-hybridized carbons (Fsp3) is 0.235. The fourth-order valence-corrected chi connectivity index (χ4v) is 2.57. The van der Waals surface area contributed by atoms with Gasteiger partial charge in [-0.1, -0.05) is 30.3 Å². The number of nitrogens with one attached hydrogen (secondary N) is 1. The van der Waals surface area contributed by atoms with Crippen LogP contribution in [0.25, 0.3) is 0 Å². The number of amides is 1. The lowest BCUT2D eigenvalue weighted by atomic mass is 10.0. The van der Waals surface area contributed by atoms with Crippen molar-refractivity contribution in [2.45, 2.75) is 19.6 Å². The Morgan fingerprint density at radius 3 is 2.87 bits per heavy atom. The summed E-state index contributed by atoms with van der Waals surface area (Å²) in [6.07, 6.45) is 1.50. The number of carbonyl (C=O) groups is 1. The van der Waals surface area contributed by atoms with Crippen molar-refractivity contribution in [3.63, 3.8) is 0 Å². The number of nitrogens with zero attached hydrogens (tertiary/aromatic N) is 2. The predicted molar refractivity (Wildman–Crippen MR) is 82.5 cm³/mol. The lowest BCUT2D eigenvalue weighted by Crippen LogP contribution is -2.39. The van der Waals surface area contributed by atoms with E-state index in [4.69, 9.17) is 10.00 Å². The van der Waals surface area contributed by atoms with Gasteiger partial charge < -0.3 is 14.6 Å². The number of rotatable bonds is 2. The molecule has 1 amide bonds. The zero-order chi connectivity index (χ0) is 16.2. The summed E-state index contributed by atoms with van der Waals surface area (Å²) in [7, 11) is 0. The van der Waals surface area contributed by atoms with Crippen LogP contribution in [0.4, 0.5) is 4.79 Å². The molecule has 1 aromatic heterocycles. The first-order valence-corrected chi connectivity index (χ1v) is 7.28. The van der Waals surface area contributed by atoms with E-state index in [1.807, 2.05) is 36.4 Å². The number of aromatic amines is 1. The number of aromatic nitrogens is 1. The lowest BCUT2D eigenvalue weighted by molar-refractivity contribution is 0.0914. The molecular formula is C17H15N3O3. The molecule has 116 valence electrons. The minimum atomic E-state index is -0.457. The van der Waals surface area contributed by atoms with Crippen LogP contribution in [-0.2, 0) is 24.3 Å². The summed E-state index contributed by atoms with van der Waals surface area (Å²) in [5, 5.41) is 8.93. The molecule has 6 heteroatoms. The minimum absolute atomic E-state index is 0.0586. The largest absolute Gasteiger partial charge is 0.445 e. The molecule has 1 aliphatic rings. The van der Waals surface area contributed by atoms with E-state index < -0.39 is 6.09 Å². The van der Waals surface area contributed by atoms with E-state index in [-0.39, 0.29) is 24.1 Å². The molecule has 2 aromatic rings. The molecule has 0 atom stereocenters. The molecule has 1 aliphatic heterocycles.